The predicted octanol–water partition coefficient (Wildman–Crippen LogP) is 4.67. The topological polar surface area (TPSA) is 12.0 Å². The van der Waals surface area contributed by atoms with Crippen molar-refractivity contribution in [1.29, 1.82) is 0 Å². The summed E-state index contributed by atoms with van der Waals surface area (Å²) in [6.45, 7) is 8.71. The van der Waals surface area contributed by atoms with Crippen molar-refractivity contribution in [2.24, 2.45) is 0 Å². The average Bonchev–Trinajstić information content (AvgIpc) is 2.32. The molecular formula is C17H20FN. The summed E-state index contributed by atoms with van der Waals surface area (Å²) in [5.74, 6) is -0.142. The van der Waals surface area contributed by atoms with E-state index in [1.165, 1.54) is 16.7 Å². The van der Waals surface area contributed by atoms with Gasteiger partial charge in [0, 0.05) is 12.2 Å². The van der Waals surface area contributed by atoms with Gasteiger partial charge in [0.15, 0.2) is 0 Å². The van der Waals surface area contributed by atoms with Crippen molar-refractivity contribution in [2.45, 2.75) is 34.2 Å². The Labute approximate surface area is 114 Å². The molecule has 0 aliphatic rings. The molecule has 2 aromatic rings. The summed E-state index contributed by atoms with van der Waals surface area (Å²) >= 11 is 0. The van der Waals surface area contributed by atoms with Crippen LogP contribution in [0.25, 0.3) is 0 Å². The number of anilines is 1. The van der Waals surface area contributed by atoms with Crippen LogP contribution in [-0.4, -0.2) is 0 Å². The molecule has 2 rings (SSSR count). The molecule has 2 aromatic carbocycles. The fraction of sp³-hybridized carbons (Fsp3) is 0.294. The van der Waals surface area contributed by atoms with Gasteiger partial charge < -0.3 is 5.32 Å². The third-order valence-electron chi connectivity index (χ3n) is 3.38. The highest BCUT2D eigenvalue weighted by Gasteiger charge is 2.04. The Hall–Kier alpha value is -1.83. The van der Waals surface area contributed by atoms with Gasteiger partial charge in [0.05, 0.1) is 0 Å². The second-order valence-electron chi connectivity index (χ2n) is 5.21. The Morgan fingerprint density at radius 3 is 2.11 bits per heavy atom. The maximum absolute atomic E-state index is 13.5. The van der Waals surface area contributed by atoms with Gasteiger partial charge in [-0.1, -0.05) is 29.8 Å². The number of benzene rings is 2. The zero-order valence-corrected chi connectivity index (χ0v) is 12.0. The van der Waals surface area contributed by atoms with Crippen molar-refractivity contribution in [3.63, 3.8) is 0 Å². The highest BCUT2D eigenvalue weighted by Crippen LogP contribution is 2.22. The molecule has 0 aromatic heterocycles. The molecule has 0 saturated heterocycles. The first-order valence-corrected chi connectivity index (χ1v) is 6.54. The van der Waals surface area contributed by atoms with Crippen molar-refractivity contribution in [2.75, 3.05) is 5.32 Å². The maximum Gasteiger partial charge on any atom is 0.126 e. The minimum Gasteiger partial charge on any atom is -0.381 e. The third kappa shape index (κ3) is 3.14. The van der Waals surface area contributed by atoms with Gasteiger partial charge in [-0.05, 0) is 56.0 Å². The summed E-state index contributed by atoms with van der Waals surface area (Å²) < 4.78 is 13.5. The van der Waals surface area contributed by atoms with Crippen LogP contribution in [0.2, 0.25) is 0 Å². The van der Waals surface area contributed by atoms with E-state index in [2.05, 4.69) is 38.2 Å². The Kier molecular flexibility index (Phi) is 3.89. The first-order chi connectivity index (χ1) is 8.97. The number of hydrogen-bond acceptors (Lipinski definition) is 1. The number of nitrogens with one attached hydrogen (secondary N) is 1. The van der Waals surface area contributed by atoms with Crippen LogP contribution in [0.1, 0.15) is 27.8 Å². The van der Waals surface area contributed by atoms with E-state index in [1.54, 1.807) is 13.0 Å². The second-order valence-corrected chi connectivity index (χ2v) is 5.21. The summed E-state index contributed by atoms with van der Waals surface area (Å²) in [5, 5.41) is 3.40. The largest absolute Gasteiger partial charge is 0.381 e. The predicted molar refractivity (Wildman–Crippen MR) is 79.1 cm³/mol. The van der Waals surface area contributed by atoms with Crippen LogP contribution < -0.4 is 5.32 Å². The molecule has 0 unspecified atom stereocenters. The molecule has 0 fully saturated rings. The summed E-state index contributed by atoms with van der Waals surface area (Å²) in [7, 11) is 0. The lowest BCUT2D eigenvalue weighted by atomic mass is 10.0. The van der Waals surface area contributed by atoms with Gasteiger partial charge in [-0.15, -0.1) is 0 Å². The molecule has 0 bridgehead atoms. The van der Waals surface area contributed by atoms with E-state index < -0.39 is 0 Å². The number of aryl methyl sites for hydroxylation is 4. The minimum absolute atomic E-state index is 0.142. The van der Waals surface area contributed by atoms with E-state index in [-0.39, 0.29) is 5.82 Å². The lowest BCUT2D eigenvalue weighted by Gasteiger charge is -2.14. The molecule has 100 valence electrons. The molecule has 0 saturated carbocycles. The van der Waals surface area contributed by atoms with E-state index in [0.717, 1.165) is 11.3 Å². The zero-order chi connectivity index (χ0) is 14.0. The monoisotopic (exact) mass is 257 g/mol. The van der Waals surface area contributed by atoms with Crippen molar-refractivity contribution in [1.82, 2.24) is 0 Å². The summed E-state index contributed by atoms with van der Waals surface area (Å²) in [4.78, 5) is 0. The summed E-state index contributed by atoms with van der Waals surface area (Å²) in [6, 6.07) is 9.70. The fourth-order valence-corrected chi connectivity index (χ4v) is 2.40. The van der Waals surface area contributed by atoms with Gasteiger partial charge in [0.2, 0.25) is 0 Å². The zero-order valence-electron chi connectivity index (χ0n) is 12.0. The molecule has 0 spiro atoms. The summed E-state index contributed by atoms with van der Waals surface area (Å²) in [5.41, 5.74) is 6.51. The molecule has 1 nitrogen and oxygen atoms in total. The van der Waals surface area contributed by atoms with E-state index in [0.29, 0.717) is 12.1 Å². The molecule has 1 N–H and O–H groups in total. The van der Waals surface area contributed by atoms with Crippen LogP contribution >= 0.6 is 0 Å². The van der Waals surface area contributed by atoms with Crippen molar-refractivity contribution < 1.29 is 4.39 Å². The fourth-order valence-electron chi connectivity index (χ4n) is 2.40. The lowest BCUT2D eigenvalue weighted by molar-refractivity contribution is 0.616. The molecule has 19 heavy (non-hydrogen) atoms. The van der Waals surface area contributed by atoms with Crippen LogP contribution in [0, 0.1) is 33.5 Å². The Morgan fingerprint density at radius 2 is 1.53 bits per heavy atom. The maximum atomic E-state index is 13.5. The van der Waals surface area contributed by atoms with Gasteiger partial charge in [-0.25, -0.2) is 4.39 Å². The van der Waals surface area contributed by atoms with Crippen LogP contribution in [0.3, 0.4) is 0 Å². The van der Waals surface area contributed by atoms with Crippen molar-refractivity contribution in [3.8, 4) is 0 Å². The highest BCUT2D eigenvalue weighted by atomic mass is 19.1. The SMILES string of the molecule is Cc1cc(C)c(NCc2ccc(C)c(F)c2)c(C)c1. The molecule has 0 heterocycles. The second kappa shape index (κ2) is 5.43. The lowest BCUT2D eigenvalue weighted by Crippen LogP contribution is -2.04. The first-order valence-electron chi connectivity index (χ1n) is 6.54. The standard InChI is InChI=1S/C17H20FN/c1-11-7-13(3)17(14(4)8-11)19-10-15-6-5-12(2)16(18)9-15/h5-9,19H,10H2,1-4H3. The quantitative estimate of drug-likeness (QED) is 0.842. The molecular weight excluding hydrogens is 237 g/mol. The van der Waals surface area contributed by atoms with Gasteiger partial charge in [-0.3, -0.25) is 0 Å². The third-order valence-corrected chi connectivity index (χ3v) is 3.38. The molecule has 0 amide bonds. The Morgan fingerprint density at radius 1 is 0.895 bits per heavy atom. The Balaban J connectivity index is 2.16. The molecule has 0 radical (unpaired) electrons. The first kappa shape index (κ1) is 13.6. The minimum atomic E-state index is -0.142. The normalized spacial score (nSPS) is 10.6. The summed E-state index contributed by atoms with van der Waals surface area (Å²) in [6.07, 6.45) is 0. The van der Waals surface area contributed by atoms with E-state index in [4.69, 9.17) is 0 Å². The van der Waals surface area contributed by atoms with Crippen molar-refractivity contribution in [3.05, 3.63) is 64.0 Å². The van der Waals surface area contributed by atoms with E-state index in [9.17, 15) is 4.39 Å². The average molecular weight is 257 g/mol. The smallest absolute Gasteiger partial charge is 0.126 e. The number of rotatable bonds is 3. The molecule has 0 aliphatic carbocycles. The molecule has 2 heteroatoms. The number of hydrogen-bond donors (Lipinski definition) is 1. The molecule has 0 atom stereocenters. The van der Waals surface area contributed by atoms with E-state index in [1.807, 2.05) is 12.1 Å². The van der Waals surface area contributed by atoms with Gasteiger partial charge in [0.25, 0.3) is 0 Å². The Bertz CT molecular complexity index is 579. The highest BCUT2D eigenvalue weighted by molar-refractivity contribution is 5.58. The van der Waals surface area contributed by atoms with Gasteiger partial charge >= 0.3 is 0 Å². The van der Waals surface area contributed by atoms with Gasteiger partial charge in [0.1, 0.15) is 5.82 Å². The molecule has 0 aliphatic heterocycles. The van der Waals surface area contributed by atoms with Gasteiger partial charge in [-0.2, -0.15) is 0 Å². The van der Waals surface area contributed by atoms with Crippen molar-refractivity contribution >= 4 is 5.69 Å². The van der Waals surface area contributed by atoms with Crippen LogP contribution in [0.5, 0.6) is 0 Å². The van der Waals surface area contributed by atoms with E-state index >= 15 is 0 Å². The van der Waals surface area contributed by atoms with Crippen LogP contribution in [-0.2, 0) is 6.54 Å². The number of halogens is 1. The van der Waals surface area contributed by atoms with Crippen LogP contribution in [0.4, 0.5) is 10.1 Å². The van der Waals surface area contributed by atoms with Crippen LogP contribution in [0.15, 0.2) is 30.3 Å².